The van der Waals surface area contributed by atoms with Crippen molar-refractivity contribution in [1.82, 2.24) is 5.32 Å². The van der Waals surface area contributed by atoms with Gasteiger partial charge in [-0.25, -0.2) is 4.79 Å². The molecule has 2 aromatic carbocycles. The van der Waals surface area contributed by atoms with Crippen LogP contribution in [0, 0.1) is 0 Å². The minimum absolute atomic E-state index is 0.160. The first-order valence-corrected chi connectivity index (χ1v) is 9.51. The Morgan fingerprint density at radius 3 is 2.00 bits per heavy atom. The number of amides is 1. The second-order valence-electron chi connectivity index (χ2n) is 6.34. The van der Waals surface area contributed by atoms with Crippen LogP contribution in [0.3, 0.4) is 0 Å². The molecule has 0 fully saturated rings. The van der Waals surface area contributed by atoms with Crippen LogP contribution in [0.25, 0.3) is 0 Å². The maximum Gasteiger partial charge on any atom is 0.337 e. The quantitative estimate of drug-likeness (QED) is 0.285. The number of benzene rings is 2. The lowest BCUT2D eigenvalue weighted by Gasteiger charge is -2.26. The van der Waals surface area contributed by atoms with Crippen molar-refractivity contribution in [1.29, 1.82) is 0 Å². The molecule has 9 heteroatoms. The third-order valence-electron chi connectivity index (χ3n) is 3.64. The standard InChI is InChI=1S/C19H15Cl4NO4/c1-19(2,24-17(26)10-7-12(21)9-13(22)8-10)16(25)15(23)18(27)28-14-5-3-11(20)4-6-14/h3-9,15H,1-2H3,(H,24,26). The van der Waals surface area contributed by atoms with E-state index in [-0.39, 0.29) is 21.4 Å². The predicted octanol–water partition coefficient (Wildman–Crippen LogP) is 4.94. The van der Waals surface area contributed by atoms with Gasteiger partial charge in [-0.1, -0.05) is 34.8 Å². The first-order chi connectivity index (χ1) is 13.0. The first-order valence-electron chi connectivity index (χ1n) is 7.94. The zero-order valence-electron chi connectivity index (χ0n) is 14.8. The van der Waals surface area contributed by atoms with Gasteiger partial charge in [0.15, 0.2) is 11.2 Å². The van der Waals surface area contributed by atoms with Crippen molar-refractivity contribution < 1.29 is 19.1 Å². The molecule has 1 N–H and O–H groups in total. The average molecular weight is 463 g/mol. The van der Waals surface area contributed by atoms with Gasteiger partial charge in [0.25, 0.3) is 5.91 Å². The lowest BCUT2D eigenvalue weighted by molar-refractivity contribution is -0.139. The van der Waals surface area contributed by atoms with Gasteiger partial charge in [-0.3, -0.25) is 9.59 Å². The maximum atomic E-state index is 12.6. The maximum absolute atomic E-state index is 12.6. The number of Topliss-reactive ketones (excluding diaryl/α,β-unsaturated/α-hetero) is 1. The lowest BCUT2D eigenvalue weighted by atomic mass is 9.95. The van der Waals surface area contributed by atoms with Gasteiger partial charge in [0.2, 0.25) is 0 Å². The van der Waals surface area contributed by atoms with Crippen LogP contribution in [-0.2, 0) is 9.59 Å². The first kappa shape index (κ1) is 22.5. The molecule has 0 spiro atoms. The van der Waals surface area contributed by atoms with Crippen LogP contribution in [0.15, 0.2) is 42.5 Å². The molecule has 0 aliphatic rings. The summed E-state index contributed by atoms with van der Waals surface area (Å²) in [5, 5.41) is 1.88. The SMILES string of the molecule is CC(C)(NC(=O)c1cc(Cl)cc(Cl)c1)C(=O)C(Cl)C(=O)Oc1ccc(Cl)cc1. The summed E-state index contributed by atoms with van der Waals surface area (Å²) in [6.45, 7) is 2.84. The number of rotatable bonds is 6. The monoisotopic (exact) mass is 461 g/mol. The average Bonchev–Trinajstić information content (AvgIpc) is 2.61. The second-order valence-corrected chi connectivity index (χ2v) is 8.08. The normalized spacial score (nSPS) is 12.2. The molecule has 1 amide bonds. The molecule has 2 aromatic rings. The molecule has 1 unspecified atom stereocenters. The Bertz CT molecular complexity index is 892. The van der Waals surface area contributed by atoms with Crippen molar-refractivity contribution in [3.63, 3.8) is 0 Å². The molecule has 0 heterocycles. The highest BCUT2D eigenvalue weighted by molar-refractivity contribution is 6.42. The zero-order valence-corrected chi connectivity index (χ0v) is 17.8. The van der Waals surface area contributed by atoms with Crippen molar-refractivity contribution in [2.75, 3.05) is 0 Å². The van der Waals surface area contributed by atoms with Crippen LogP contribution < -0.4 is 10.1 Å². The van der Waals surface area contributed by atoms with Crippen LogP contribution in [0.5, 0.6) is 5.75 Å². The fourth-order valence-electron chi connectivity index (χ4n) is 2.20. The Labute approximate surface area is 181 Å². The summed E-state index contributed by atoms with van der Waals surface area (Å²) >= 11 is 23.5. The number of hydrogen-bond donors (Lipinski definition) is 1. The summed E-state index contributed by atoms with van der Waals surface area (Å²) in [4.78, 5) is 37.2. The van der Waals surface area contributed by atoms with E-state index in [1.165, 1.54) is 56.3 Å². The summed E-state index contributed by atoms with van der Waals surface area (Å²) in [6.07, 6.45) is 0. The molecule has 0 aromatic heterocycles. The third kappa shape index (κ3) is 5.85. The van der Waals surface area contributed by atoms with Gasteiger partial charge in [0.1, 0.15) is 5.75 Å². The molecule has 0 bridgehead atoms. The summed E-state index contributed by atoms with van der Waals surface area (Å²) < 4.78 is 5.07. The smallest absolute Gasteiger partial charge is 0.337 e. The van der Waals surface area contributed by atoms with E-state index >= 15 is 0 Å². The fourth-order valence-corrected chi connectivity index (χ4v) is 3.17. The Balaban J connectivity index is 2.08. The Hall–Kier alpha value is -1.79. The minimum Gasteiger partial charge on any atom is -0.425 e. The van der Waals surface area contributed by atoms with E-state index in [1.807, 2.05) is 0 Å². The summed E-state index contributed by atoms with van der Waals surface area (Å²) in [6, 6.07) is 10.2. The van der Waals surface area contributed by atoms with Crippen LogP contribution in [0.1, 0.15) is 24.2 Å². The number of carbonyl (C=O) groups is 3. The Morgan fingerprint density at radius 1 is 0.929 bits per heavy atom. The largest absolute Gasteiger partial charge is 0.425 e. The van der Waals surface area contributed by atoms with E-state index in [4.69, 9.17) is 51.1 Å². The number of esters is 1. The molecule has 0 saturated heterocycles. The van der Waals surface area contributed by atoms with Crippen molar-refractivity contribution in [3.8, 4) is 5.75 Å². The van der Waals surface area contributed by atoms with Gasteiger partial charge in [0, 0.05) is 20.6 Å². The van der Waals surface area contributed by atoms with Crippen molar-refractivity contribution in [3.05, 3.63) is 63.1 Å². The Morgan fingerprint density at radius 2 is 1.46 bits per heavy atom. The predicted molar refractivity (Wildman–Crippen MR) is 110 cm³/mol. The van der Waals surface area contributed by atoms with Gasteiger partial charge in [-0.15, -0.1) is 11.6 Å². The number of halogens is 4. The van der Waals surface area contributed by atoms with Gasteiger partial charge < -0.3 is 10.1 Å². The number of hydrogen-bond acceptors (Lipinski definition) is 4. The molecule has 2 rings (SSSR count). The van der Waals surface area contributed by atoms with E-state index in [1.54, 1.807) is 0 Å². The van der Waals surface area contributed by atoms with Crippen molar-refractivity contribution in [2.24, 2.45) is 0 Å². The van der Waals surface area contributed by atoms with E-state index in [2.05, 4.69) is 5.32 Å². The van der Waals surface area contributed by atoms with Crippen LogP contribution in [0.2, 0.25) is 15.1 Å². The van der Waals surface area contributed by atoms with Gasteiger partial charge in [-0.05, 0) is 56.3 Å². The van der Waals surface area contributed by atoms with Gasteiger partial charge in [0.05, 0.1) is 5.54 Å². The zero-order chi connectivity index (χ0) is 21.1. The van der Waals surface area contributed by atoms with Crippen LogP contribution in [-0.4, -0.2) is 28.6 Å². The molecule has 0 aliphatic heterocycles. The molecule has 28 heavy (non-hydrogen) atoms. The lowest BCUT2D eigenvalue weighted by Crippen LogP contribution is -2.54. The molecule has 0 saturated carbocycles. The second kappa shape index (κ2) is 9.14. The van der Waals surface area contributed by atoms with Crippen molar-refractivity contribution >= 4 is 64.1 Å². The number of ketones is 1. The summed E-state index contributed by atoms with van der Waals surface area (Å²) in [5.74, 6) is -2.13. The van der Waals surface area contributed by atoms with E-state index < -0.39 is 28.6 Å². The highest BCUT2D eigenvalue weighted by atomic mass is 35.5. The minimum atomic E-state index is -1.63. The molecule has 5 nitrogen and oxygen atoms in total. The van der Waals surface area contributed by atoms with E-state index in [9.17, 15) is 14.4 Å². The molecule has 0 radical (unpaired) electrons. The summed E-state index contributed by atoms with van der Waals surface area (Å²) in [7, 11) is 0. The summed E-state index contributed by atoms with van der Waals surface area (Å²) in [5.41, 5.74) is -1.30. The molecular weight excluding hydrogens is 448 g/mol. The van der Waals surface area contributed by atoms with E-state index in [0.717, 1.165) is 0 Å². The number of carbonyl (C=O) groups excluding carboxylic acids is 3. The van der Waals surface area contributed by atoms with Crippen LogP contribution >= 0.6 is 46.4 Å². The molecule has 1 atom stereocenters. The van der Waals surface area contributed by atoms with Crippen molar-refractivity contribution in [2.45, 2.75) is 24.8 Å². The number of nitrogens with one attached hydrogen (secondary N) is 1. The van der Waals surface area contributed by atoms with Gasteiger partial charge in [-0.2, -0.15) is 0 Å². The van der Waals surface area contributed by atoms with Gasteiger partial charge >= 0.3 is 5.97 Å². The molecule has 0 aliphatic carbocycles. The molecule has 148 valence electrons. The number of alkyl halides is 1. The highest BCUT2D eigenvalue weighted by Crippen LogP contribution is 2.21. The highest BCUT2D eigenvalue weighted by Gasteiger charge is 2.39. The fraction of sp³-hybridized carbons (Fsp3) is 0.211. The third-order valence-corrected chi connectivity index (χ3v) is 4.70. The molecular formula is C19H15Cl4NO4. The van der Waals surface area contributed by atoms with E-state index in [0.29, 0.717) is 5.02 Å². The topological polar surface area (TPSA) is 72.5 Å². The number of ether oxygens (including phenoxy) is 1. The van der Waals surface area contributed by atoms with Crippen LogP contribution in [0.4, 0.5) is 0 Å². The Kier molecular flexibility index (Phi) is 7.34.